The summed E-state index contributed by atoms with van der Waals surface area (Å²) >= 11 is 0. The minimum absolute atomic E-state index is 0.594. The maximum absolute atomic E-state index is 9.49. The molecule has 1 aromatic rings. The van der Waals surface area contributed by atoms with Crippen LogP contribution < -0.4 is 0 Å². The molecule has 1 unspecified atom stereocenters. The van der Waals surface area contributed by atoms with Gasteiger partial charge in [-0.05, 0) is 43.9 Å². The van der Waals surface area contributed by atoms with Crippen molar-refractivity contribution >= 4 is 0 Å². The van der Waals surface area contributed by atoms with Crippen LogP contribution >= 0.6 is 0 Å². The Labute approximate surface area is 98.5 Å². The van der Waals surface area contributed by atoms with Gasteiger partial charge in [0.15, 0.2) is 0 Å². The van der Waals surface area contributed by atoms with Crippen LogP contribution in [-0.2, 0) is 0 Å². The molecular formula is C15H20O. The minimum Gasteiger partial charge on any atom is -0.378 e. The zero-order valence-corrected chi connectivity index (χ0v) is 10.5. The third-order valence-electron chi connectivity index (χ3n) is 2.60. The summed E-state index contributed by atoms with van der Waals surface area (Å²) in [5.74, 6) is 6.37. The van der Waals surface area contributed by atoms with E-state index in [4.69, 9.17) is 0 Å². The molecule has 16 heavy (non-hydrogen) atoms. The number of aliphatic hydroxyl groups is 1. The smallest absolute Gasteiger partial charge is 0.120 e. The zero-order chi connectivity index (χ0) is 12.2. The normalized spacial score (nSPS) is 12.8. The number of hydrogen-bond acceptors (Lipinski definition) is 1. The Bertz CT molecular complexity index is 384. The fourth-order valence-electron chi connectivity index (χ4n) is 1.36. The van der Waals surface area contributed by atoms with Crippen molar-refractivity contribution < 1.29 is 5.11 Å². The van der Waals surface area contributed by atoms with Gasteiger partial charge in [0.25, 0.3) is 0 Å². The molecule has 0 saturated carbocycles. The summed E-state index contributed by atoms with van der Waals surface area (Å²) in [6, 6.07) is 8.26. The summed E-state index contributed by atoms with van der Waals surface area (Å²) in [6.45, 7) is 7.78. The highest BCUT2D eigenvalue weighted by Gasteiger charge is 2.06. The summed E-state index contributed by atoms with van der Waals surface area (Å²) < 4.78 is 0. The molecule has 86 valence electrons. The van der Waals surface area contributed by atoms with E-state index in [0.717, 1.165) is 12.0 Å². The van der Waals surface area contributed by atoms with Crippen molar-refractivity contribution in [3.8, 4) is 11.8 Å². The van der Waals surface area contributed by atoms with Gasteiger partial charge < -0.3 is 5.11 Å². The van der Waals surface area contributed by atoms with Gasteiger partial charge in [0.05, 0.1) is 0 Å². The summed E-state index contributed by atoms with van der Waals surface area (Å²) in [5, 5.41) is 9.49. The molecule has 1 rings (SSSR count). The monoisotopic (exact) mass is 216 g/mol. The summed E-state index contributed by atoms with van der Waals surface area (Å²) in [7, 11) is 0. The van der Waals surface area contributed by atoms with Gasteiger partial charge in [0, 0.05) is 5.56 Å². The number of rotatable bonds is 2. The first-order valence-corrected chi connectivity index (χ1v) is 5.78. The van der Waals surface area contributed by atoms with E-state index in [0.29, 0.717) is 5.92 Å². The SMILES string of the molecule is CCC(C)c1ccc(C#CC(C)(C)O)cc1. The van der Waals surface area contributed by atoms with Crippen molar-refractivity contribution in [2.24, 2.45) is 0 Å². The fraction of sp³-hybridized carbons (Fsp3) is 0.467. The number of hydrogen-bond donors (Lipinski definition) is 1. The Balaban J connectivity index is 2.82. The molecule has 0 saturated heterocycles. The molecular weight excluding hydrogens is 196 g/mol. The molecule has 0 fully saturated rings. The van der Waals surface area contributed by atoms with Gasteiger partial charge in [-0.3, -0.25) is 0 Å². The zero-order valence-electron chi connectivity index (χ0n) is 10.5. The van der Waals surface area contributed by atoms with Crippen molar-refractivity contribution in [3.63, 3.8) is 0 Å². The third kappa shape index (κ3) is 4.08. The molecule has 0 radical (unpaired) electrons. The highest BCUT2D eigenvalue weighted by molar-refractivity contribution is 5.38. The van der Waals surface area contributed by atoms with Crippen LogP contribution in [0.5, 0.6) is 0 Å². The van der Waals surface area contributed by atoms with Gasteiger partial charge in [-0.1, -0.05) is 37.8 Å². The lowest BCUT2D eigenvalue weighted by Gasteiger charge is -2.08. The van der Waals surface area contributed by atoms with Crippen LogP contribution in [0.4, 0.5) is 0 Å². The average molecular weight is 216 g/mol. The molecule has 0 aliphatic rings. The average Bonchev–Trinajstić information content (AvgIpc) is 2.25. The van der Waals surface area contributed by atoms with Gasteiger partial charge in [0.2, 0.25) is 0 Å². The number of benzene rings is 1. The van der Waals surface area contributed by atoms with Crippen LogP contribution in [0.1, 0.15) is 51.2 Å². The topological polar surface area (TPSA) is 20.2 Å². The quantitative estimate of drug-likeness (QED) is 0.752. The molecule has 1 heteroatoms. The fourth-order valence-corrected chi connectivity index (χ4v) is 1.36. The van der Waals surface area contributed by atoms with Crippen molar-refractivity contribution in [1.29, 1.82) is 0 Å². The predicted octanol–water partition coefficient (Wildman–Crippen LogP) is 3.32. The Morgan fingerprint density at radius 3 is 2.25 bits per heavy atom. The molecule has 1 nitrogen and oxygen atoms in total. The van der Waals surface area contributed by atoms with E-state index in [1.807, 2.05) is 12.1 Å². The first kappa shape index (κ1) is 12.8. The molecule has 1 atom stereocenters. The van der Waals surface area contributed by atoms with Crippen LogP contribution in [0.2, 0.25) is 0 Å². The van der Waals surface area contributed by atoms with Crippen molar-refractivity contribution in [2.75, 3.05) is 0 Å². The van der Waals surface area contributed by atoms with Crippen molar-refractivity contribution in [1.82, 2.24) is 0 Å². The van der Waals surface area contributed by atoms with Gasteiger partial charge in [-0.2, -0.15) is 0 Å². The van der Waals surface area contributed by atoms with E-state index in [1.165, 1.54) is 5.56 Å². The second-order valence-corrected chi connectivity index (χ2v) is 4.74. The standard InChI is InChI=1S/C15H20O/c1-5-12(2)14-8-6-13(7-9-14)10-11-15(3,4)16/h6-9,12,16H,5H2,1-4H3. The Morgan fingerprint density at radius 2 is 1.81 bits per heavy atom. The Hall–Kier alpha value is -1.26. The summed E-state index contributed by atoms with van der Waals surface area (Å²) in [5.41, 5.74) is 1.38. The van der Waals surface area contributed by atoms with Crippen LogP contribution in [0.15, 0.2) is 24.3 Å². The lowest BCUT2D eigenvalue weighted by molar-refractivity contribution is 0.143. The van der Waals surface area contributed by atoms with E-state index in [-0.39, 0.29) is 0 Å². The first-order valence-electron chi connectivity index (χ1n) is 5.78. The van der Waals surface area contributed by atoms with Crippen LogP contribution in [0.25, 0.3) is 0 Å². The Kier molecular flexibility index (Phi) is 4.15. The van der Waals surface area contributed by atoms with E-state index >= 15 is 0 Å². The molecule has 0 bridgehead atoms. The summed E-state index contributed by atoms with van der Waals surface area (Å²) in [4.78, 5) is 0. The first-order chi connectivity index (χ1) is 7.42. The van der Waals surface area contributed by atoms with E-state index in [2.05, 4.69) is 37.8 Å². The molecule has 0 aliphatic heterocycles. The van der Waals surface area contributed by atoms with E-state index < -0.39 is 5.60 Å². The summed E-state index contributed by atoms with van der Waals surface area (Å²) in [6.07, 6.45) is 1.15. The van der Waals surface area contributed by atoms with Gasteiger partial charge in [-0.15, -0.1) is 0 Å². The van der Waals surface area contributed by atoms with Crippen molar-refractivity contribution in [3.05, 3.63) is 35.4 Å². The molecule has 0 heterocycles. The van der Waals surface area contributed by atoms with E-state index in [9.17, 15) is 5.11 Å². The van der Waals surface area contributed by atoms with E-state index in [1.54, 1.807) is 13.8 Å². The third-order valence-corrected chi connectivity index (χ3v) is 2.60. The molecule has 1 N–H and O–H groups in total. The van der Waals surface area contributed by atoms with Gasteiger partial charge >= 0.3 is 0 Å². The van der Waals surface area contributed by atoms with Gasteiger partial charge in [0.1, 0.15) is 5.60 Å². The second kappa shape index (κ2) is 5.18. The lowest BCUT2D eigenvalue weighted by atomic mass is 9.97. The largest absolute Gasteiger partial charge is 0.378 e. The maximum Gasteiger partial charge on any atom is 0.120 e. The van der Waals surface area contributed by atoms with Crippen LogP contribution in [-0.4, -0.2) is 10.7 Å². The molecule has 0 aromatic heterocycles. The predicted molar refractivity (Wildman–Crippen MR) is 68.3 cm³/mol. The molecule has 1 aromatic carbocycles. The maximum atomic E-state index is 9.49. The molecule has 0 aliphatic carbocycles. The van der Waals surface area contributed by atoms with Crippen molar-refractivity contribution in [2.45, 2.75) is 45.6 Å². The van der Waals surface area contributed by atoms with Crippen LogP contribution in [0.3, 0.4) is 0 Å². The highest BCUT2D eigenvalue weighted by Crippen LogP contribution is 2.18. The van der Waals surface area contributed by atoms with Crippen LogP contribution in [0, 0.1) is 11.8 Å². The molecule has 0 amide bonds. The second-order valence-electron chi connectivity index (χ2n) is 4.74. The lowest BCUT2D eigenvalue weighted by Crippen LogP contribution is -2.14. The minimum atomic E-state index is -0.921. The highest BCUT2D eigenvalue weighted by atomic mass is 16.3. The Morgan fingerprint density at radius 1 is 1.25 bits per heavy atom. The van der Waals surface area contributed by atoms with Gasteiger partial charge in [-0.25, -0.2) is 0 Å². The molecule has 0 spiro atoms.